The number of nitrogens with zero attached hydrogens (tertiary/aromatic N) is 4. The first-order valence-electron chi connectivity index (χ1n) is 5.15. The molecule has 0 aliphatic rings. The minimum Gasteiger partial charge on any atom is -0.301 e. The van der Waals surface area contributed by atoms with Crippen LogP contribution >= 0.6 is 0 Å². The molecule has 0 unspecified atom stereocenters. The van der Waals surface area contributed by atoms with Crippen LogP contribution in [0.5, 0.6) is 0 Å². The minimum atomic E-state index is -3.53. The Kier molecular flexibility index (Phi) is 3.06. The fraction of sp³-hybridized carbons (Fsp3) is 0.200. The minimum absolute atomic E-state index is 0.132. The Morgan fingerprint density at radius 1 is 1.26 bits per heavy atom. The summed E-state index contributed by atoms with van der Waals surface area (Å²) in [5.74, 6) is 0.132. The van der Waals surface area contributed by atoms with Gasteiger partial charge in [0.15, 0.2) is 5.82 Å². The Balaban J connectivity index is 2.68. The molecule has 0 aliphatic carbocycles. The SMILES string of the molecule is Cn1c(-c2ccccc2[N+](=O)[O-])nnc1S(C)(=O)=O. The van der Waals surface area contributed by atoms with Crippen LogP contribution in [-0.4, -0.2) is 34.4 Å². The fourth-order valence-electron chi connectivity index (χ4n) is 1.69. The monoisotopic (exact) mass is 282 g/mol. The zero-order valence-corrected chi connectivity index (χ0v) is 11.0. The van der Waals surface area contributed by atoms with Crippen molar-refractivity contribution in [1.29, 1.82) is 0 Å². The van der Waals surface area contributed by atoms with E-state index in [1.807, 2.05) is 0 Å². The van der Waals surface area contributed by atoms with Gasteiger partial charge in [-0.3, -0.25) is 10.1 Å². The molecule has 9 heteroatoms. The molecular formula is C10H10N4O4S. The van der Waals surface area contributed by atoms with Crippen molar-refractivity contribution in [2.45, 2.75) is 5.16 Å². The predicted molar refractivity (Wildman–Crippen MR) is 66.2 cm³/mol. The fourth-order valence-corrected chi connectivity index (χ4v) is 2.47. The molecule has 0 radical (unpaired) electrons. The molecule has 0 saturated heterocycles. The summed E-state index contributed by atoms with van der Waals surface area (Å²) in [5, 5.41) is 18.0. The molecule has 19 heavy (non-hydrogen) atoms. The Hall–Kier alpha value is -2.29. The van der Waals surface area contributed by atoms with E-state index >= 15 is 0 Å². The molecule has 0 N–H and O–H groups in total. The van der Waals surface area contributed by atoms with Gasteiger partial charge in [0.1, 0.15) is 0 Å². The smallest absolute Gasteiger partial charge is 0.280 e. The number of benzene rings is 1. The molecule has 0 saturated carbocycles. The third-order valence-corrected chi connectivity index (χ3v) is 3.53. The molecule has 1 aromatic heterocycles. The van der Waals surface area contributed by atoms with Crippen LogP contribution in [0.3, 0.4) is 0 Å². The summed E-state index contributed by atoms with van der Waals surface area (Å²) in [5.41, 5.74) is 0.0652. The molecule has 0 atom stereocenters. The van der Waals surface area contributed by atoms with Gasteiger partial charge < -0.3 is 4.57 Å². The summed E-state index contributed by atoms with van der Waals surface area (Å²) in [6, 6.07) is 5.95. The maximum absolute atomic E-state index is 11.5. The van der Waals surface area contributed by atoms with Gasteiger partial charge in [-0.2, -0.15) is 0 Å². The maximum Gasteiger partial charge on any atom is 0.280 e. The van der Waals surface area contributed by atoms with Crippen LogP contribution in [0.25, 0.3) is 11.4 Å². The quantitative estimate of drug-likeness (QED) is 0.608. The molecule has 1 aromatic carbocycles. The number of nitro groups is 1. The molecule has 2 rings (SSSR count). The van der Waals surface area contributed by atoms with E-state index in [0.29, 0.717) is 0 Å². The number of rotatable bonds is 3. The number of aromatic nitrogens is 3. The van der Waals surface area contributed by atoms with Gasteiger partial charge in [-0.1, -0.05) is 12.1 Å². The standard InChI is InChI=1S/C10H10N4O4S/c1-13-9(11-12-10(13)19(2,17)18)7-5-3-4-6-8(7)14(15)16/h3-6H,1-2H3. The third-order valence-electron chi connectivity index (χ3n) is 2.51. The molecule has 1 heterocycles. The van der Waals surface area contributed by atoms with E-state index < -0.39 is 14.8 Å². The lowest BCUT2D eigenvalue weighted by atomic mass is 10.1. The molecular weight excluding hydrogens is 272 g/mol. The van der Waals surface area contributed by atoms with Crippen molar-refractivity contribution in [3.63, 3.8) is 0 Å². The van der Waals surface area contributed by atoms with E-state index in [1.165, 1.54) is 29.8 Å². The van der Waals surface area contributed by atoms with Crippen molar-refractivity contribution in [2.75, 3.05) is 6.26 Å². The van der Waals surface area contributed by atoms with Gasteiger partial charge in [-0.25, -0.2) is 8.42 Å². The lowest BCUT2D eigenvalue weighted by Gasteiger charge is -2.03. The number of nitro benzene ring substituents is 1. The van der Waals surface area contributed by atoms with E-state index in [0.717, 1.165) is 6.26 Å². The van der Waals surface area contributed by atoms with Gasteiger partial charge in [-0.05, 0) is 6.07 Å². The lowest BCUT2D eigenvalue weighted by molar-refractivity contribution is -0.384. The number of hydrogen-bond acceptors (Lipinski definition) is 6. The summed E-state index contributed by atoms with van der Waals surface area (Å²) in [7, 11) is -2.09. The van der Waals surface area contributed by atoms with Crippen molar-refractivity contribution >= 4 is 15.5 Å². The van der Waals surface area contributed by atoms with Crippen LogP contribution in [0.15, 0.2) is 29.4 Å². The molecule has 100 valence electrons. The largest absolute Gasteiger partial charge is 0.301 e. The zero-order chi connectivity index (χ0) is 14.2. The highest BCUT2D eigenvalue weighted by Crippen LogP contribution is 2.28. The van der Waals surface area contributed by atoms with Crippen LogP contribution < -0.4 is 0 Å². The number of para-hydroxylation sites is 1. The highest BCUT2D eigenvalue weighted by atomic mass is 32.2. The Bertz CT molecular complexity index is 751. The van der Waals surface area contributed by atoms with E-state index in [9.17, 15) is 18.5 Å². The second kappa shape index (κ2) is 4.43. The van der Waals surface area contributed by atoms with Crippen LogP contribution in [0.4, 0.5) is 5.69 Å². The Morgan fingerprint density at radius 3 is 2.42 bits per heavy atom. The zero-order valence-electron chi connectivity index (χ0n) is 10.1. The first-order valence-corrected chi connectivity index (χ1v) is 7.04. The van der Waals surface area contributed by atoms with Crippen molar-refractivity contribution in [2.24, 2.45) is 7.05 Å². The predicted octanol–water partition coefficient (Wildman–Crippen LogP) is 0.794. The normalized spacial score (nSPS) is 11.5. The van der Waals surface area contributed by atoms with Gasteiger partial charge in [0.2, 0.25) is 15.0 Å². The van der Waals surface area contributed by atoms with E-state index in [1.54, 1.807) is 6.07 Å². The Morgan fingerprint density at radius 2 is 1.89 bits per heavy atom. The summed E-state index contributed by atoms with van der Waals surface area (Å²) in [6.07, 6.45) is 1.00. The molecule has 0 aliphatic heterocycles. The summed E-state index contributed by atoms with van der Waals surface area (Å²) >= 11 is 0. The van der Waals surface area contributed by atoms with Gasteiger partial charge in [0.05, 0.1) is 10.5 Å². The lowest BCUT2D eigenvalue weighted by Crippen LogP contribution is -2.07. The van der Waals surface area contributed by atoms with Gasteiger partial charge in [0, 0.05) is 19.4 Å². The highest BCUT2D eigenvalue weighted by molar-refractivity contribution is 7.90. The van der Waals surface area contributed by atoms with E-state index in [4.69, 9.17) is 0 Å². The first kappa shape index (κ1) is 13.1. The summed E-state index contributed by atoms with van der Waals surface area (Å²) in [4.78, 5) is 10.4. The number of sulfone groups is 1. The van der Waals surface area contributed by atoms with Gasteiger partial charge in [-0.15, -0.1) is 10.2 Å². The van der Waals surface area contributed by atoms with E-state index in [2.05, 4.69) is 10.2 Å². The van der Waals surface area contributed by atoms with E-state index in [-0.39, 0.29) is 22.2 Å². The van der Waals surface area contributed by atoms with Crippen molar-refractivity contribution < 1.29 is 13.3 Å². The van der Waals surface area contributed by atoms with Gasteiger partial charge in [0.25, 0.3) is 5.69 Å². The molecule has 2 aromatic rings. The Labute approximate surface area is 108 Å². The van der Waals surface area contributed by atoms with Gasteiger partial charge >= 0.3 is 0 Å². The van der Waals surface area contributed by atoms with Crippen LogP contribution in [0.1, 0.15) is 0 Å². The first-order chi connectivity index (χ1) is 8.82. The topological polar surface area (TPSA) is 108 Å². The average Bonchev–Trinajstić information content (AvgIpc) is 2.70. The maximum atomic E-state index is 11.5. The number of hydrogen-bond donors (Lipinski definition) is 0. The van der Waals surface area contributed by atoms with Crippen LogP contribution in [-0.2, 0) is 16.9 Å². The summed E-state index contributed by atoms with van der Waals surface area (Å²) < 4.78 is 24.1. The molecule has 8 nitrogen and oxygen atoms in total. The average molecular weight is 282 g/mol. The molecule has 0 amide bonds. The van der Waals surface area contributed by atoms with Crippen LogP contribution in [0.2, 0.25) is 0 Å². The third kappa shape index (κ3) is 2.32. The van der Waals surface area contributed by atoms with Crippen molar-refractivity contribution in [3.05, 3.63) is 34.4 Å². The van der Waals surface area contributed by atoms with Crippen LogP contribution in [0, 0.1) is 10.1 Å². The summed E-state index contributed by atoms with van der Waals surface area (Å²) in [6.45, 7) is 0. The second-order valence-corrected chi connectivity index (χ2v) is 5.82. The van der Waals surface area contributed by atoms with Crippen molar-refractivity contribution in [3.8, 4) is 11.4 Å². The molecule has 0 fully saturated rings. The second-order valence-electron chi connectivity index (χ2n) is 3.91. The molecule has 0 spiro atoms. The molecule has 0 bridgehead atoms. The highest BCUT2D eigenvalue weighted by Gasteiger charge is 2.23. The van der Waals surface area contributed by atoms with Crippen molar-refractivity contribution in [1.82, 2.24) is 14.8 Å².